The predicted octanol–water partition coefficient (Wildman–Crippen LogP) is 3.67. The lowest BCUT2D eigenvalue weighted by Crippen LogP contribution is -2.23. The second-order valence-electron chi connectivity index (χ2n) is 6.25. The zero-order valence-corrected chi connectivity index (χ0v) is 12.9. The van der Waals surface area contributed by atoms with Crippen LogP contribution in [0.2, 0.25) is 0 Å². The Hall–Kier alpha value is -1.90. The highest BCUT2D eigenvalue weighted by Crippen LogP contribution is 2.34. The summed E-state index contributed by atoms with van der Waals surface area (Å²) in [7, 11) is 0. The molecule has 0 fully saturated rings. The Morgan fingerprint density at radius 1 is 1.29 bits per heavy atom. The smallest absolute Gasteiger partial charge is 0.254 e. The van der Waals surface area contributed by atoms with E-state index in [-0.39, 0.29) is 17.4 Å². The largest absolute Gasteiger partial charge is 0.310 e. The molecule has 1 aromatic heterocycles. The molecule has 1 heterocycles. The van der Waals surface area contributed by atoms with E-state index < -0.39 is 0 Å². The molecule has 3 heteroatoms. The van der Waals surface area contributed by atoms with Crippen LogP contribution in [0, 0.1) is 6.92 Å². The van der Waals surface area contributed by atoms with Gasteiger partial charge in [0.25, 0.3) is 5.56 Å². The van der Waals surface area contributed by atoms with Crippen molar-refractivity contribution in [3.05, 3.63) is 62.8 Å². The third-order valence-electron chi connectivity index (χ3n) is 4.44. The van der Waals surface area contributed by atoms with E-state index in [0.717, 1.165) is 36.3 Å². The van der Waals surface area contributed by atoms with Crippen LogP contribution in [0.1, 0.15) is 66.7 Å². The number of aromatic amines is 1. The Morgan fingerprint density at radius 3 is 2.76 bits per heavy atom. The van der Waals surface area contributed by atoms with E-state index in [2.05, 4.69) is 29.2 Å². The van der Waals surface area contributed by atoms with Gasteiger partial charge in [0.05, 0.1) is 0 Å². The molecule has 0 aliphatic heterocycles. The molecule has 0 saturated heterocycles. The van der Waals surface area contributed by atoms with Crippen molar-refractivity contribution < 1.29 is 0 Å². The number of hydrogen-bond donors (Lipinski definition) is 1. The van der Waals surface area contributed by atoms with Crippen LogP contribution in [0.15, 0.2) is 29.1 Å². The Kier molecular flexibility index (Phi) is 3.66. The summed E-state index contributed by atoms with van der Waals surface area (Å²) < 4.78 is 0. The number of nitrogens with one attached hydrogen (secondary N) is 1. The van der Waals surface area contributed by atoms with Gasteiger partial charge >= 0.3 is 0 Å². The molecule has 0 saturated carbocycles. The molecular formula is C18H22N2O. The van der Waals surface area contributed by atoms with Crippen molar-refractivity contribution in [1.29, 1.82) is 0 Å². The van der Waals surface area contributed by atoms with Crippen molar-refractivity contribution in [1.82, 2.24) is 9.97 Å². The monoisotopic (exact) mass is 282 g/mol. The SMILES string of the molecule is Cc1nc(C2CCCc3ccccc32)[nH]c(=O)c1C(C)C. The quantitative estimate of drug-likeness (QED) is 0.913. The molecule has 0 bridgehead atoms. The highest BCUT2D eigenvalue weighted by atomic mass is 16.1. The van der Waals surface area contributed by atoms with Gasteiger partial charge in [-0.05, 0) is 43.2 Å². The maximum absolute atomic E-state index is 12.4. The molecule has 0 spiro atoms. The van der Waals surface area contributed by atoms with Crippen LogP contribution in [0.5, 0.6) is 0 Å². The van der Waals surface area contributed by atoms with Gasteiger partial charge in [0, 0.05) is 17.2 Å². The Balaban J connectivity index is 2.09. The summed E-state index contributed by atoms with van der Waals surface area (Å²) in [6.07, 6.45) is 3.33. The number of fused-ring (bicyclic) bond motifs is 1. The number of nitrogens with zero attached hydrogens (tertiary/aromatic N) is 1. The maximum atomic E-state index is 12.4. The van der Waals surface area contributed by atoms with Crippen LogP contribution in [0.25, 0.3) is 0 Å². The van der Waals surface area contributed by atoms with Crippen LogP contribution >= 0.6 is 0 Å². The molecule has 3 nitrogen and oxygen atoms in total. The van der Waals surface area contributed by atoms with E-state index in [1.165, 1.54) is 11.1 Å². The minimum Gasteiger partial charge on any atom is -0.310 e. The minimum absolute atomic E-state index is 0.0237. The van der Waals surface area contributed by atoms with Crippen molar-refractivity contribution in [3.63, 3.8) is 0 Å². The molecule has 3 rings (SSSR count). The van der Waals surface area contributed by atoms with Crippen molar-refractivity contribution in [2.75, 3.05) is 0 Å². The molecule has 0 radical (unpaired) electrons. The third-order valence-corrected chi connectivity index (χ3v) is 4.44. The van der Waals surface area contributed by atoms with E-state index in [1.807, 2.05) is 20.8 Å². The summed E-state index contributed by atoms with van der Waals surface area (Å²) in [5, 5.41) is 0. The number of H-pyrrole nitrogens is 1. The third kappa shape index (κ3) is 2.53. The highest BCUT2D eigenvalue weighted by molar-refractivity contribution is 5.36. The fourth-order valence-corrected chi connectivity index (χ4v) is 3.50. The normalized spacial score (nSPS) is 17.8. The van der Waals surface area contributed by atoms with Crippen molar-refractivity contribution in [2.45, 2.75) is 51.9 Å². The predicted molar refractivity (Wildman–Crippen MR) is 84.9 cm³/mol. The summed E-state index contributed by atoms with van der Waals surface area (Å²) >= 11 is 0. The van der Waals surface area contributed by atoms with Crippen molar-refractivity contribution in [3.8, 4) is 0 Å². The fourth-order valence-electron chi connectivity index (χ4n) is 3.50. The first-order valence-electron chi connectivity index (χ1n) is 7.76. The maximum Gasteiger partial charge on any atom is 0.254 e. The van der Waals surface area contributed by atoms with Crippen LogP contribution in [-0.4, -0.2) is 9.97 Å². The number of aromatic nitrogens is 2. The summed E-state index contributed by atoms with van der Waals surface area (Å²) in [6.45, 7) is 6.02. The lowest BCUT2D eigenvalue weighted by Gasteiger charge is -2.25. The molecule has 2 aromatic rings. The number of benzene rings is 1. The van der Waals surface area contributed by atoms with Crippen LogP contribution in [0.3, 0.4) is 0 Å². The molecule has 110 valence electrons. The zero-order chi connectivity index (χ0) is 15.0. The van der Waals surface area contributed by atoms with E-state index >= 15 is 0 Å². The van der Waals surface area contributed by atoms with E-state index in [0.29, 0.717) is 0 Å². The molecule has 21 heavy (non-hydrogen) atoms. The lowest BCUT2D eigenvalue weighted by atomic mass is 9.82. The average molecular weight is 282 g/mol. The van der Waals surface area contributed by atoms with Gasteiger partial charge in [-0.2, -0.15) is 0 Å². The summed E-state index contributed by atoms with van der Waals surface area (Å²) in [6, 6.07) is 8.52. The Bertz CT molecular complexity index is 715. The van der Waals surface area contributed by atoms with Gasteiger partial charge in [-0.25, -0.2) is 4.98 Å². The van der Waals surface area contributed by atoms with Crippen LogP contribution in [0.4, 0.5) is 0 Å². The van der Waals surface area contributed by atoms with Crippen molar-refractivity contribution >= 4 is 0 Å². The second-order valence-corrected chi connectivity index (χ2v) is 6.25. The number of aryl methyl sites for hydroxylation is 2. The van der Waals surface area contributed by atoms with Crippen LogP contribution in [-0.2, 0) is 6.42 Å². The highest BCUT2D eigenvalue weighted by Gasteiger charge is 2.24. The molecule has 1 aliphatic carbocycles. The summed E-state index contributed by atoms with van der Waals surface area (Å²) in [5.74, 6) is 1.26. The Morgan fingerprint density at radius 2 is 2.05 bits per heavy atom. The van der Waals surface area contributed by atoms with Gasteiger partial charge < -0.3 is 4.98 Å². The molecule has 1 N–H and O–H groups in total. The average Bonchev–Trinajstić information content (AvgIpc) is 2.45. The molecule has 1 atom stereocenters. The van der Waals surface area contributed by atoms with Gasteiger partial charge in [0.2, 0.25) is 0 Å². The molecular weight excluding hydrogens is 260 g/mol. The van der Waals surface area contributed by atoms with Gasteiger partial charge in [-0.15, -0.1) is 0 Å². The van der Waals surface area contributed by atoms with Crippen molar-refractivity contribution in [2.24, 2.45) is 0 Å². The summed E-state index contributed by atoms with van der Waals surface area (Å²) in [4.78, 5) is 20.1. The standard InChI is InChI=1S/C18H22N2O/c1-11(2)16-12(3)19-17(20-18(16)21)15-10-6-8-13-7-4-5-9-14(13)15/h4-5,7,9,11,15H,6,8,10H2,1-3H3,(H,19,20,21). The minimum atomic E-state index is 0.0237. The molecule has 1 aromatic carbocycles. The topological polar surface area (TPSA) is 45.8 Å². The number of hydrogen-bond acceptors (Lipinski definition) is 2. The van der Waals surface area contributed by atoms with E-state index in [4.69, 9.17) is 4.98 Å². The van der Waals surface area contributed by atoms with Gasteiger partial charge in [-0.3, -0.25) is 4.79 Å². The zero-order valence-electron chi connectivity index (χ0n) is 12.9. The lowest BCUT2D eigenvalue weighted by molar-refractivity contribution is 0.584. The second kappa shape index (κ2) is 5.47. The molecule has 1 unspecified atom stereocenters. The number of rotatable bonds is 2. The van der Waals surface area contributed by atoms with E-state index in [1.54, 1.807) is 0 Å². The first-order chi connectivity index (χ1) is 10.1. The van der Waals surface area contributed by atoms with E-state index in [9.17, 15) is 4.79 Å². The molecule has 0 amide bonds. The Labute approximate surface area is 125 Å². The van der Waals surface area contributed by atoms with Gasteiger partial charge in [0.1, 0.15) is 5.82 Å². The van der Waals surface area contributed by atoms with Gasteiger partial charge in [-0.1, -0.05) is 38.1 Å². The fraction of sp³-hybridized carbons (Fsp3) is 0.444. The van der Waals surface area contributed by atoms with Gasteiger partial charge in [0.15, 0.2) is 0 Å². The summed E-state index contributed by atoms with van der Waals surface area (Å²) in [5.41, 5.74) is 4.41. The van der Waals surface area contributed by atoms with Crippen LogP contribution < -0.4 is 5.56 Å². The first kappa shape index (κ1) is 14.1. The first-order valence-corrected chi connectivity index (χ1v) is 7.76. The molecule has 1 aliphatic rings.